The van der Waals surface area contributed by atoms with E-state index in [1.54, 1.807) is 26.2 Å². The van der Waals surface area contributed by atoms with E-state index < -0.39 is 18.0 Å². The molecule has 9 nitrogen and oxygen atoms in total. The SMILES string of the molecule is CC[C@H]1NC(=O)N(c2nncc(Oc3ccc(C)c(OC)c3)n2)C1=O. The molecule has 1 saturated heterocycles. The molecule has 0 spiro atoms. The summed E-state index contributed by atoms with van der Waals surface area (Å²) in [6.07, 6.45) is 1.78. The number of anilines is 1. The number of methoxy groups -OCH3 is 1. The van der Waals surface area contributed by atoms with Gasteiger partial charge in [0.25, 0.3) is 11.9 Å². The highest BCUT2D eigenvalue weighted by molar-refractivity contribution is 6.20. The van der Waals surface area contributed by atoms with Gasteiger partial charge in [0.05, 0.1) is 7.11 Å². The lowest BCUT2D eigenvalue weighted by Crippen LogP contribution is -2.33. The molecule has 0 radical (unpaired) electrons. The van der Waals surface area contributed by atoms with E-state index >= 15 is 0 Å². The second kappa shape index (κ2) is 6.71. The third-order valence-corrected chi connectivity index (χ3v) is 3.76. The Labute approximate surface area is 144 Å². The summed E-state index contributed by atoms with van der Waals surface area (Å²) >= 11 is 0. The zero-order chi connectivity index (χ0) is 18.0. The van der Waals surface area contributed by atoms with Crippen molar-refractivity contribution in [3.63, 3.8) is 0 Å². The van der Waals surface area contributed by atoms with Crippen LogP contribution in [0.3, 0.4) is 0 Å². The summed E-state index contributed by atoms with van der Waals surface area (Å²) in [4.78, 5) is 29.2. The van der Waals surface area contributed by atoms with Gasteiger partial charge >= 0.3 is 6.03 Å². The highest BCUT2D eigenvalue weighted by Crippen LogP contribution is 2.27. The van der Waals surface area contributed by atoms with Crippen molar-refractivity contribution in [1.82, 2.24) is 20.5 Å². The number of imide groups is 1. The molecular formula is C16H17N5O4. The molecule has 0 aliphatic carbocycles. The third-order valence-electron chi connectivity index (χ3n) is 3.76. The average Bonchev–Trinajstić information content (AvgIpc) is 2.90. The van der Waals surface area contributed by atoms with Crippen molar-refractivity contribution in [2.45, 2.75) is 26.3 Å². The summed E-state index contributed by atoms with van der Waals surface area (Å²) in [5.41, 5.74) is 0.960. The minimum Gasteiger partial charge on any atom is -0.496 e. The third kappa shape index (κ3) is 3.21. The molecule has 3 rings (SSSR count). The first-order valence-corrected chi connectivity index (χ1v) is 7.70. The van der Waals surface area contributed by atoms with Gasteiger partial charge in [-0.3, -0.25) is 4.79 Å². The van der Waals surface area contributed by atoms with Crippen molar-refractivity contribution in [1.29, 1.82) is 0 Å². The Morgan fingerprint density at radius 2 is 2.12 bits per heavy atom. The maximum absolute atomic E-state index is 12.2. The van der Waals surface area contributed by atoms with Crippen LogP contribution in [0.1, 0.15) is 18.9 Å². The zero-order valence-corrected chi connectivity index (χ0v) is 14.0. The number of aryl methyl sites for hydroxylation is 1. The fourth-order valence-corrected chi connectivity index (χ4v) is 2.41. The first-order valence-electron chi connectivity index (χ1n) is 7.70. The molecule has 1 N–H and O–H groups in total. The van der Waals surface area contributed by atoms with Crippen LogP contribution in [-0.2, 0) is 4.79 Å². The number of rotatable bonds is 5. The molecule has 1 aromatic carbocycles. The summed E-state index contributed by atoms with van der Waals surface area (Å²) in [6.45, 7) is 3.71. The molecule has 1 aliphatic heterocycles. The molecule has 1 aliphatic rings. The second-order valence-corrected chi connectivity index (χ2v) is 5.41. The highest BCUT2D eigenvalue weighted by atomic mass is 16.5. The van der Waals surface area contributed by atoms with E-state index in [0.717, 1.165) is 10.5 Å². The van der Waals surface area contributed by atoms with Crippen LogP contribution in [0, 0.1) is 6.92 Å². The summed E-state index contributed by atoms with van der Waals surface area (Å²) in [5.74, 6) is 0.715. The number of carbonyl (C=O) groups excluding carboxylic acids is 2. The molecule has 1 atom stereocenters. The number of hydrogen-bond acceptors (Lipinski definition) is 7. The monoisotopic (exact) mass is 343 g/mol. The standard InChI is InChI=1S/C16H17N5O4/c1-4-11-14(22)21(16(23)18-11)15-19-13(8-17-20-15)25-10-6-5-9(2)12(7-10)24-3/h5-8,11H,4H2,1-3H3,(H,18,23)/t11-/m1/s1. The van der Waals surface area contributed by atoms with Crippen molar-refractivity contribution in [3.8, 4) is 17.4 Å². The normalized spacial score (nSPS) is 16.8. The van der Waals surface area contributed by atoms with Gasteiger partial charge in [-0.2, -0.15) is 9.88 Å². The van der Waals surface area contributed by atoms with Crippen molar-refractivity contribution in [2.75, 3.05) is 12.0 Å². The predicted octanol–water partition coefficient (Wildman–Crippen LogP) is 1.82. The lowest BCUT2D eigenvalue weighted by atomic mass is 10.2. The molecule has 9 heteroatoms. The molecule has 25 heavy (non-hydrogen) atoms. The maximum Gasteiger partial charge on any atom is 0.331 e. The van der Waals surface area contributed by atoms with Crippen molar-refractivity contribution in [2.24, 2.45) is 0 Å². The first-order chi connectivity index (χ1) is 12.0. The number of carbonyl (C=O) groups is 2. The van der Waals surface area contributed by atoms with Gasteiger partial charge in [0, 0.05) is 6.07 Å². The fraction of sp³-hybridized carbons (Fsp3) is 0.312. The summed E-state index contributed by atoms with van der Waals surface area (Å²) in [7, 11) is 1.57. The van der Waals surface area contributed by atoms with Crippen molar-refractivity contribution < 1.29 is 19.1 Å². The van der Waals surface area contributed by atoms with E-state index in [1.165, 1.54) is 6.20 Å². The van der Waals surface area contributed by atoms with Gasteiger partial charge in [-0.25, -0.2) is 4.79 Å². The first kappa shape index (κ1) is 16.6. The number of urea groups is 1. The molecule has 0 bridgehead atoms. The van der Waals surface area contributed by atoms with Gasteiger partial charge in [-0.15, -0.1) is 10.2 Å². The van der Waals surface area contributed by atoms with Crippen LogP contribution in [0.25, 0.3) is 0 Å². The van der Waals surface area contributed by atoms with Crippen LogP contribution in [0.15, 0.2) is 24.4 Å². The van der Waals surface area contributed by atoms with Gasteiger partial charge in [-0.1, -0.05) is 13.0 Å². The van der Waals surface area contributed by atoms with Crippen LogP contribution in [0.2, 0.25) is 0 Å². The quantitative estimate of drug-likeness (QED) is 0.825. The van der Waals surface area contributed by atoms with E-state index in [1.807, 2.05) is 13.0 Å². The molecule has 2 aromatic rings. The number of nitrogens with zero attached hydrogens (tertiary/aromatic N) is 4. The fourth-order valence-electron chi connectivity index (χ4n) is 2.41. The van der Waals surface area contributed by atoms with Gasteiger partial charge in [0.1, 0.15) is 23.7 Å². The maximum atomic E-state index is 12.2. The summed E-state index contributed by atoms with van der Waals surface area (Å²) < 4.78 is 10.9. The Balaban J connectivity index is 1.85. The molecule has 3 amide bonds. The number of hydrogen-bond donors (Lipinski definition) is 1. The highest BCUT2D eigenvalue weighted by Gasteiger charge is 2.40. The smallest absolute Gasteiger partial charge is 0.331 e. The molecule has 0 saturated carbocycles. The Morgan fingerprint density at radius 3 is 2.80 bits per heavy atom. The van der Waals surface area contributed by atoms with Crippen LogP contribution >= 0.6 is 0 Å². The molecular weight excluding hydrogens is 326 g/mol. The largest absolute Gasteiger partial charge is 0.496 e. The molecule has 1 fully saturated rings. The van der Waals surface area contributed by atoms with E-state index in [2.05, 4.69) is 20.5 Å². The van der Waals surface area contributed by atoms with Crippen LogP contribution in [0.4, 0.5) is 10.7 Å². The molecule has 1 aromatic heterocycles. The minimum absolute atomic E-state index is 0.108. The molecule has 0 unspecified atom stereocenters. The second-order valence-electron chi connectivity index (χ2n) is 5.41. The number of aromatic nitrogens is 3. The predicted molar refractivity (Wildman–Crippen MR) is 87.7 cm³/mol. The van der Waals surface area contributed by atoms with E-state index in [0.29, 0.717) is 17.9 Å². The number of ether oxygens (including phenoxy) is 2. The van der Waals surface area contributed by atoms with Crippen molar-refractivity contribution in [3.05, 3.63) is 30.0 Å². The van der Waals surface area contributed by atoms with Crippen molar-refractivity contribution >= 4 is 17.9 Å². The van der Waals surface area contributed by atoms with Crippen LogP contribution in [-0.4, -0.2) is 40.3 Å². The number of amides is 3. The minimum atomic E-state index is -0.581. The van der Waals surface area contributed by atoms with Gasteiger partial charge in [0.15, 0.2) is 0 Å². The van der Waals surface area contributed by atoms with Gasteiger partial charge < -0.3 is 14.8 Å². The number of nitrogens with one attached hydrogen (secondary N) is 1. The molecule has 130 valence electrons. The summed E-state index contributed by atoms with van der Waals surface area (Å²) in [6, 6.07) is 4.14. The van der Waals surface area contributed by atoms with Gasteiger partial charge in [0.2, 0.25) is 5.88 Å². The van der Waals surface area contributed by atoms with E-state index in [9.17, 15) is 9.59 Å². The Kier molecular flexibility index (Phi) is 4.46. The topological polar surface area (TPSA) is 107 Å². The van der Waals surface area contributed by atoms with E-state index in [4.69, 9.17) is 9.47 Å². The zero-order valence-electron chi connectivity index (χ0n) is 14.0. The average molecular weight is 343 g/mol. The van der Waals surface area contributed by atoms with Crippen LogP contribution in [0.5, 0.6) is 17.4 Å². The van der Waals surface area contributed by atoms with E-state index in [-0.39, 0.29) is 11.8 Å². The number of benzene rings is 1. The Bertz CT molecular complexity index is 826. The Hall–Kier alpha value is -3.23. The lowest BCUT2D eigenvalue weighted by Gasteiger charge is -2.12. The summed E-state index contributed by atoms with van der Waals surface area (Å²) in [5, 5.41) is 10.1. The van der Waals surface area contributed by atoms with Gasteiger partial charge in [-0.05, 0) is 25.0 Å². The lowest BCUT2D eigenvalue weighted by molar-refractivity contribution is -0.118. The molecule has 2 heterocycles. The van der Waals surface area contributed by atoms with Crippen LogP contribution < -0.4 is 19.7 Å². The Morgan fingerprint density at radius 1 is 1.32 bits per heavy atom.